The van der Waals surface area contributed by atoms with Crippen LogP contribution in [0, 0.1) is 11.3 Å². The maximum absolute atomic E-state index is 11.0. The van der Waals surface area contributed by atoms with Crippen molar-refractivity contribution in [2.75, 3.05) is 11.9 Å². The summed E-state index contributed by atoms with van der Waals surface area (Å²) in [7, 11) is 0. The second kappa shape index (κ2) is 4.42. The Morgan fingerprint density at radius 1 is 1.56 bits per heavy atom. The molecule has 0 aliphatic carbocycles. The van der Waals surface area contributed by atoms with Crippen LogP contribution >= 0.6 is 11.6 Å². The third-order valence-electron chi connectivity index (χ3n) is 2.44. The predicted molar refractivity (Wildman–Crippen MR) is 61.2 cm³/mol. The SMILES string of the molecule is N#Cc1cc(Cl)ccc1NC1CNC(=O)C1. The highest BCUT2D eigenvalue weighted by Crippen LogP contribution is 2.21. The summed E-state index contributed by atoms with van der Waals surface area (Å²) in [4.78, 5) is 11.0. The minimum Gasteiger partial charge on any atom is -0.379 e. The van der Waals surface area contributed by atoms with Gasteiger partial charge in [-0.15, -0.1) is 0 Å². The predicted octanol–water partition coefficient (Wildman–Crippen LogP) is 1.51. The standard InChI is InChI=1S/C11H10ClN3O/c12-8-1-2-10(7(3-8)5-13)15-9-4-11(16)14-6-9/h1-3,9,15H,4,6H2,(H,14,16). The van der Waals surface area contributed by atoms with Gasteiger partial charge >= 0.3 is 0 Å². The Labute approximate surface area is 98.2 Å². The summed E-state index contributed by atoms with van der Waals surface area (Å²) in [5.74, 6) is 0.0324. The van der Waals surface area contributed by atoms with Gasteiger partial charge in [0.25, 0.3) is 0 Å². The van der Waals surface area contributed by atoms with Gasteiger partial charge in [0, 0.05) is 18.0 Å². The van der Waals surface area contributed by atoms with E-state index in [9.17, 15) is 4.79 Å². The van der Waals surface area contributed by atoms with Crippen LogP contribution < -0.4 is 10.6 Å². The summed E-state index contributed by atoms with van der Waals surface area (Å²) in [6.45, 7) is 0.590. The number of nitrogens with zero attached hydrogens (tertiary/aromatic N) is 1. The molecule has 1 amide bonds. The zero-order valence-corrected chi connectivity index (χ0v) is 9.21. The Bertz CT molecular complexity index is 467. The molecule has 1 aromatic rings. The molecule has 0 radical (unpaired) electrons. The summed E-state index contributed by atoms with van der Waals surface area (Å²) in [6, 6.07) is 7.19. The van der Waals surface area contributed by atoms with Gasteiger partial charge in [0.1, 0.15) is 6.07 Å². The molecule has 1 atom stereocenters. The lowest BCUT2D eigenvalue weighted by Crippen LogP contribution is -2.22. The molecule has 1 aromatic carbocycles. The number of anilines is 1. The Morgan fingerprint density at radius 2 is 2.38 bits per heavy atom. The average Bonchev–Trinajstić information content (AvgIpc) is 2.67. The zero-order valence-electron chi connectivity index (χ0n) is 8.46. The largest absolute Gasteiger partial charge is 0.379 e. The van der Waals surface area contributed by atoms with Crippen molar-refractivity contribution in [2.45, 2.75) is 12.5 Å². The highest BCUT2D eigenvalue weighted by atomic mass is 35.5. The molecule has 1 aliphatic rings. The van der Waals surface area contributed by atoms with Gasteiger partial charge in [-0.05, 0) is 18.2 Å². The van der Waals surface area contributed by atoms with Crippen molar-refractivity contribution in [3.05, 3.63) is 28.8 Å². The number of rotatable bonds is 2. The third-order valence-corrected chi connectivity index (χ3v) is 2.67. The van der Waals surface area contributed by atoms with Crippen LogP contribution in [-0.4, -0.2) is 18.5 Å². The molecular weight excluding hydrogens is 226 g/mol. The van der Waals surface area contributed by atoms with E-state index in [0.29, 0.717) is 29.2 Å². The van der Waals surface area contributed by atoms with Gasteiger partial charge < -0.3 is 10.6 Å². The molecule has 0 bridgehead atoms. The van der Waals surface area contributed by atoms with Crippen molar-refractivity contribution >= 4 is 23.2 Å². The maximum atomic E-state index is 11.0. The Hall–Kier alpha value is -1.73. The van der Waals surface area contributed by atoms with E-state index in [-0.39, 0.29) is 11.9 Å². The molecule has 1 heterocycles. The summed E-state index contributed by atoms with van der Waals surface area (Å²) < 4.78 is 0. The topological polar surface area (TPSA) is 64.9 Å². The number of amides is 1. The van der Waals surface area contributed by atoms with Crippen LogP contribution in [0.3, 0.4) is 0 Å². The number of carbonyl (C=O) groups is 1. The number of nitrogens with one attached hydrogen (secondary N) is 2. The first-order chi connectivity index (χ1) is 7.69. The highest BCUT2D eigenvalue weighted by Gasteiger charge is 2.21. The van der Waals surface area contributed by atoms with E-state index in [1.165, 1.54) is 0 Å². The fourth-order valence-electron chi connectivity index (χ4n) is 1.66. The quantitative estimate of drug-likeness (QED) is 0.817. The van der Waals surface area contributed by atoms with E-state index in [0.717, 1.165) is 0 Å². The minimum absolute atomic E-state index is 0.0324. The molecule has 1 fully saturated rings. The summed E-state index contributed by atoms with van der Waals surface area (Å²) in [6.07, 6.45) is 0.438. The summed E-state index contributed by atoms with van der Waals surface area (Å²) in [5, 5.41) is 15.3. The first-order valence-electron chi connectivity index (χ1n) is 4.92. The molecule has 82 valence electrons. The normalized spacial score (nSPS) is 19.0. The van der Waals surface area contributed by atoms with E-state index in [1.807, 2.05) is 0 Å². The second-order valence-corrected chi connectivity index (χ2v) is 4.09. The molecule has 2 rings (SSSR count). The van der Waals surface area contributed by atoms with Crippen molar-refractivity contribution in [3.63, 3.8) is 0 Å². The van der Waals surface area contributed by atoms with Crippen molar-refractivity contribution in [1.82, 2.24) is 5.32 Å². The maximum Gasteiger partial charge on any atom is 0.222 e. The molecule has 4 nitrogen and oxygen atoms in total. The summed E-state index contributed by atoms with van der Waals surface area (Å²) >= 11 is 5.79. The highest BCUT2D eigenvalue weighted by molar-refractivity contribution is 6.30. The Morgan fingerprint density at radius 3 is 3.00 bits per heavy atom. The van der Waals surface area contributed by atoms with E-state index in [1.54, 1.807) is 18.2 Å². The van der Waals surface area contributed by atoms with Crippen LogP contribution in [0.15, 0.2) is 18.2 Å². The van der Waals surface area contributed by atoms with Crippen molar-refractivity contribution in [3.8, 4) is 6.07 Å². The van der Waals surface area contributed by atoms with Crippen LogP contribution in [0.5, 0.6) is 0 Å². The molecule has 1 aliphatic heterocycles. The smallest absolute Gasteiger partial charge is 0.222 e. The fourth-order valence-corrected chi connectivity index (χ4v) is 1.83. The second-order valence-electron chi connectivity index (χ2n) is 3.65. The summed E-state index contributed by atoms with van der Waals surface area (Å²) in [5.41, 5.74) is 1.21. The number of hydrogen-bond donors (Lipinski definition) is 2. The first-order valence-corrected chi connectivity index (χ1v) is 5.29. The van der Waals surface area contributed by atoms with E-state index < -0.39 is 0 Å². The Balaban J connectivity index is 2.15. The van der Waals surface area contributed by atoms with E-state index in [2.05, 4.69) is 16.7 Å². The fraction of sp³-hybridized carbons (Fsp3) is 0.273. The minimum atomic E-state index is 0.0324. The van der Waals surface area contributed by atoms with E-state index >= 15 is 0 Å². The lowest BCUT2D eigenvalue weighted by Gasteiger charge is -2.13. The van der Waals surface area contributed by atoms with Gasteiger partial charge in [0.15, 0.2) is 0 Å². The van der Waals surface area contributed by atoms with Gasteiger partial charge in [-0.3, -0.25) is 4.79 Å². The molecule has 5 heteroatoms. The van der Waals surface area contributed by atoms with Crippen molar-refractivity contribution < 1.29 is 4.79 Å². The van der Waals surface area contributed by atoms with Crippen LogP contribution in [-0.2, 0) is 4.79 Å². The number of carbonyl (C=O) groups excluding carboxylic acids is 1. The van der Waals surface area contributed by atoms with Gasteiger partial charge in [-0.25, -0.2) is 0 Å². The molecule has 1 unspecified atom stereocenters. The third kappa shape index (κ3) is 2.26. The number of nitriles is 1. The van der Waals surface area contributed by atoms with Gasteiger partial charge in [0.05, 0.1) is 17.3 Å². The van der Waals surface area contributed by atoms with Gasteiger partial charge in [0.2, 0.25) is 5.91 Å². The molecule has 2 N–H and O–H groups in total. The number of halogens is 1. The molecule has 0 spiro atoms. The Kier molecular flexibility index (Phi) is 2.97. The number of hydrogen-bond acceptors (Lipinski definition) is 3. The van der Waals surface area contributed by atoms with Crippen molar-refractivity contribution in [1.29, 1.82) is 5.26 Å². The lowest BCUT2D eigenvalue weighted by atomic mass is 10.1. The van der Waals surface area contributed by atoms with Crippen LogP contribution in [0.1, 0.15) is 12.0 Å². The van der Waals surface area contributed by atoms with Crippen LogP contribution in [0.25, 0.3) is 0 Å². The molecule has 16 heavy (non-hydrogen) atoms. The van der Waals surface area contributed by atoms with Gasteiger partial charge in [-0.1, -0.05) is 11.6 Å². The number of benzene rings is 1. The molecule has 1 saturated heterocycles. The monoisotopic (exact) mass is 235 g/mol. The van der Waals surface area contributed by atoms with E-state index in [4.69, 9.17) is 16.9 Å². The van der Waals surface area contributed by atoms with Crippen LogP contribution in [0.2, 0.25) is 5.02 Å². The molecule has 0 aromatic heterocycles. The van der Waals surface area contributed by atoms with Gasteiger partial charge in [-0.2, -0.15) is 5.26 Å². The van der Waals surface area contributed by atoms with Crippen LogP contribution in [0.4, 0.5) is 5.69 Å². The average molecular weight is 236 g/mol. The first kappa shape index (κ1) is 10.8. The molecule has 0 saturated carbocycles. The zero-order chi connectivity index (χ0) is 11.5. The molecular formula is C11H10ClN3O. The lowest BCUT2D eigenvalue weighted by molar-refractivity contribution is -0.119. The van der Waals surface area contributed by atoms with Crippen molar-refractivity contribution in [2.24, 2.45) is 0 Å².